The summed E-state index contributed by atoms with van der Waals surface area (Å²) < 4.78 is 0. The Labute approximate surface area is 120 Å². The second-order valence-corrected chi connectivity index (χ2v) is 6.32. The molecule has 0 aromatic heterocycles. The van der Waals surface area contributed by atoms with Gasteiger partial charge < -0.3 is 5.32 Å². The van der Waals surface area contributed by atoms with Crippen LogP contribution in [0.3, 0.4) is 0 Å². The monoisotopic (exact) mass is 276 g/mol. The highest BCUT2D eigenvalue weighted by atomic mass is 16.6. The fraction of sp³-hybridized carbons (Fsp3) is 0.625. The highest BCUT2D eigenvalue weighted by Crippen LogP contribution is 2.34. The Balaban J connectivity index is 2.20. The Kier molecular flexibility index (Phi) is 4.31. The van der Waals surface area contributed by atoms with Crippen molar-refractivity contribution in [2.24, 2.45) is 11.8 Å². The van der Waals surface area contributed by atoms with E-state index in [0.29, 0.717) is 17.6 Å². The van der Waals surface area contributed by atoms with E-state index in [0.717, 1.165) is 29.9 Å². The lowest BCUT2D eigenvalue weighted by atomic mass is 9.79. The van der Waals surface area contributed by atoms with E-state index in [4.69, 9.17) is 0 Å². The van der Waals surface area contributed by atoms with Crippen LogP contribution in [-0.4, -0.2) is 11.0 Å². The second kappa shape index (κ2) is 5.81. The second-order valence-electron chi connectivity index (χ2n) is 6.32. The molecular weight excluding hydrogens is 252 g/mol. The summed E-state index contributed by atoms with van der Waals surface area (Å²) in [6.07, 6.45) is 3.37. The number of anilines is 1. The Hall–Kier alpha value is -1.58. The van der Waals surface area contributed by atoms with Gasteiger partial charge in [0.25, 0.3) is 5.69 Å². The molecule has 4 nitrogen and oxygen atoms in total. The number of hydrogen-bond donors (Lipinski definition) is 1. The van der Waals surface area contributed by atoms with Crippen molar-refractivity contribution in [2.45, 2.75) is 53.0 Å². The standard InChI is InChI=1S/C16H24N2O2/c1-10-5-6-14(7-11(10)2)17-15-8-12(3)13(4)9-16(15)18(19)20/h8-11,14,17H,5-7H2,1-4H3. The molecule has 1 aromatic carbocycles. The molecule has 0 saturated heterocycles. The lowest BCUT2D eigenvalue weighted by Crippen LogP contribution is -2.30. The predicted octanol–water partition coefficient (Wildman–Crippen LogP) is 4.45. The molecule has 0 amide bonds. The van der Waals surface area contributed by atoms with Gasteiger partial charge >= 0.3 is 0 Å². The molecule has 1 N–H and O–H groups in total. The molecule has 1 fully saturated rings. The van der Waals surface area contributed by atoms with E-state index in [1.54, 1.807) is 6.07 Å². The number of aryl methyl sites for hydroxylation is 2. The Bertz CT molecular complexity index is 513. The summed E-state index contributed by atoms with van der Waals surface area (Å²) >= 11 is 0. The van der Waals surface area contributed by atoms with Crippen LogP contribution in [0.1, 0.15) is 44.2 Å². The van der Waals surface area contributed by atoms with Gasteiger partial charge in [-0.1, -0.05) is 13.8 Å². The number of hydrogen-bond acceptors (Lipinski definition) is 3. The van der Waals surface area contributed by atoms with Crippen LogP contribution < -0.4 is 5.32 Å². The number of nitro benzene ring substituents is 1. The largest absolute Gasteiger partial charge is 0.377 e. The highest BCUT2D eigenvalue weighted by Gasteiger charge is 2.26. The zero-order valence-corrected chi connectivity index (χ0v) is 12.8. The van der Waals surface area contributed by atoms with E-state index in [1.807, 2.05) is 19.9 Å². The van der Waals surface area contributed by atoms with Gasteiger partial charge in [-0.3, -0.25) is 10.1 Å². The zero-order chi connectivity index (χ0) is 14.9. The Morgan fingerprint density at radius 1 is 1.15 bits per heavy atom. The summed E-state index contributed by atoms with van der Waals surface area (Å²) in [6.45, 7) is 8.47. The molecule has 0 bridgehead atoms. The van der Waals surface area contributed by atoms with E-state index in [2.05, 4.69) is 19.2 Å². The van der Waals surface area contributed by atoms with Crippen molar-refractivity contribution in [1.29, 1.82) is 0 Å². The lowest BCUT2D eigenvalue weighted by Gasteiger charge is -2.33. The maximum absolute atomic E-state index is 11.2. The molecule has 3 atom stereocenters. The van der Waals surface area contributed by atoms with Gasteiger partial charge in [0.05, 0.1) is 4.92 Å². The van der Waals surface area contributed by atoms with Crippen molar-refractivity contribution >= 4 is 11.4 Å². The van der Waals surface area contributed by atoms with Crippen LogP contribution in [-0.2, 0) is 0 Å². The van der Waals surface area contributed by atoms with E-state index in [-0.39, 0.29) is 10.6 Å². The topological polar surface area (TPSA) is 55.2 Å². The normalized spacial score (nSPS) is 26.3. The summed E-state index contributed by atoms with van der Waals surface area (Å²) in [5, 5.41) is 14.6. The van der Waals surface area contributed by atoms with Crippen molar-refractivity contribution < 1.29 is 4.92 Å². The minimum Gasteiger partial charge on any atom is -0.377 e. The fourth-order valence-corrected chi connectivity index (χ4v) is 2.97. The zero-order valence-electron chi connectivity index (χ0n) is 12.8. The smallest absolute Gasteiger partial charge is 0.292 e. The van der Waals surface area contributed by atoms with E-state index in [1.165, 1.54) is 6.42 Å². The number of nitrogens with one attached hydrogen (secondary N) is 1. The molecule has 20 heavy (non-hydrogen) atoms. The van der Waals surface area contributed by atoms with Crippen LogP contribution >= 0.6 is 0 Å². The van der Waals surface area contributed by atoms with Gasteiger partial charge in [-0.2, -0.15) is 0 Å². The highest BCUT2D eigenvalue weighted by molar-refractivity contribution is 5.65. The average molecular weight is 276 g/mol. The summed E-state index contributed by atoms with van der Waals surface area (Å²) in [5.74, 6) is 1.43. The van der Waals surface area contributed by atoms with E-state index >= 15 is 0 Å². The van der Waals surface area contributed by atoms with Crippen molar-refractivity contribution in [3.05, 3.63) is 33.4 Å². The molecule has 2 rings (SSSR count). The van der Waals surface area contributed by atoms with Crippen molar-refractivity contribution in [3.8, 4) is 0 Å². The number of rotatable bonds is 3. The van der Waals surface area contributed by atoms with Crippen molar-refractivity contribution in [1.82, 2.24) is 0 Å². The molecule has 0 heterocycles. The van der Waals surface area contributed by atoms with Crippen molar-refractivity contribution in [2.75, 3.05) is 5.32 Å². The van der Waals surface area contributed by atoms with Gasteiger partial charge in [-0.15, -0.1) is 0 Å². The third-order valence-corrected chi connectivity index (χ3v) is 4.77. The van der Waals surface area contributed by atoms with E-state index in [9.17, 15) is 10.1 Å². The summed E-state index contributed by atoms with van der Waals surface area (Å²) in [4.78, 5) is 10.9. The van der Waals surface area contributed by atoms with Gasteiger partial charge in [-0.05, 0) is 62.1 Å². The first-order valence-electron chi connectivity index (χ1n) is 7.40. The van der Waals surface area contributed by atoms with Gasteiger partial charge in [0.1, 0.15) is 5.69 Å². The molecule has 1 aromatic rings. The van der Waals surface area contributed by atoms with Gasteiger partial charge in [-0.25, -0.2) is 0 Å². The van der Waals surface area contributed by atoms with Crippen LogP contribution in [0.15, 0.2) is 12.1 Å². The van der Waals surface area contributed by atoms with E-state index < -0.39 is 0 Å². The molecule has 0 aliphatic heterocycles. The predicted molar refractivity (Wildman–Crippen MR) is 82.2 cm³/mol. The quantitative estimate of drug-likeness (QED) is 0.655. The summed E-state index contributed by atoms with van der Waals surface area (Å²) in [7, 11) is 0. The number of benzene rings is 1. The van der Waals surface area contributed by atoms with Gasteiger partial charge in [0.15, 0.2) is 0 Å². The third kappa shape index (κ3) is 3.11. The molecule has 4 heteroatoms. The number of nitro groups is 1. The third-order valence-electron chi connectivity index (χ3n) is 4.77. The molecule has 1 aliphatic rings. The molecule has 3 unspecified atom stereocenters. The first-order valence-corrected chi connectivity index (χ1v) is 7.40. The molecule has 1 aliphatic carbocycles. The van der Waals surface area contributed by atoms with Crippen molar-refractivity contribution in [3.63, 3.8) is 0 Å². The fourth-order valence-electron chi connectivity index (χ4n) is 2.97. The van der Waals surface area contributed by atoms with Crippen LogP contribution in [0.25, 0.3) is 0 Å². The van der Waals surface area contributed by atoms with Crippen LogP contribution in [0.5, 0.6) is 0 Å². The first-order chi connectivity index (χ1) is 9.38. The maximum Gasteiger partial charge on any atom is 0.292 e. The average Bonchev–Trinajstić information content (AvgIpc) is 2.37. The summed E-state index contributed by atoms with van der Waals surface area (Å²) in [5.41, 5.74) is 2.92. The number of nitrogens with zero attached hydrogens (tertiary/aromatic N) is 1. The maximum atomic E-state index is 11.2. The first kappa shape index (κ1) is 14.8. The Morgan fingerprint density at radius 2 is 1.80 bits per heavy atom. The van der Waals surface area contributed by atoms with Gasteiger partial charge in [0, 0.05) is 12.1 Å². The molecule has 0 radical (unpaired) electrons. The molecule has 1 saturated carbocycles. The minimum absolute atomic E-state index is 0.194. The van der Waals surface area contributed by atoms with Gasteiger partial charge in [0.2, 0.25) is 0 Å². The summed E-state index contributed by atoms with van der Waals surface area (Å²) in [6, 6.07) is 3.94. The Morgan fingerprint density at radius 3 is 2.40 bits per heavy atom. The van der Waals surface area contributed by atoms with Crippen LogP contribution in [0.2, 0.25) is 0 Å². The molecule has 0 spiro atoms. The molecular formula is C16H24N2O2. The van der Waals surface area contributed by atoms with Crippen LogP contribution in [0, 0.1) is 35.8 Å². The minimum atomic E-state index is -0.288. The SMILES string of the molecule is Cc1cc(NC2CCC(C)C(C)C2)c([N+](=O)[O-])cc1C. The van der Waals surface area contributed by atoms with Crippen LogP contribution in [0.4, 0.5) is 11.4 Å². The molecule has 110 valence electrons. The lowest BCUT2D eigenvalue weighted by molar-refractivity contribution is -0.384.